The Balaban J connectivity index is 1.95. The van der Waals surface area contributed by atoms with Gasteiger partial charge in [-0.15, -0.1) is 0 Å². The van der Waals surface area contributed by atoms with Gasteiger partial charge >= 0.3 is 0 Å². The summed E-state index contributed by atoms with van der Waals surface area (Å²) in [5.74, 6) is -0.841. The maximum Gasteiger partial charge on any atom is 0.284 e. The first-order valence-electron chi connectivity index (χ1n) is 7.50. The summed E-state index contributed by atoms with van der Waals surface area (Å²) in [5.41, 5.74) is 7.75. The van der Waals surface area contributed by atoms with Gasteiger partial charge in [-0.25, -0.2) is 0 Å². The van der Waals surface area contributed by atoms with Gasteiger partial charge in [-0.2, -0.15) is 5.10 Å². The predicted molar refractivity (Wildman–Crippen MR) is 101 cm³/mol. The molecule has 0 aliphatic rings. The summed E-state index contributed by atoms with van der Waals surface area (Å²) in [4.78, 5) is 21.9. The van der Waals surface area contributed by atoms with Crippen LogP contribution in [0.5, 0.6) is 0 Å². The third kappa shape index (κ3) is 3.42. The van der Waals surface area contributed by atoms with E-state index in [4.69, 9.17) is 5.73 Å². The average molecular weight is 416 g/mol. The molecule has 1 aromatic heterocycles. The van der Waals surface area contributed by atoms with Gasteiger partial charge < -0.3 is 11.1 Å². The highest BCUT2D eigenvalue weighted by molar-refractivity contribution is 9.10. The summed E-state index contributed by atoms with van der Waals surface area (Å²) >= 11 is 3.47. The van der Waals surface area contributed by atoms with E-state index in [2.05, 4.69) is 26.3 Å². The molecule has 0 fully saturated rings. The lowest BCUT2D eigenvalue weighted by Gasteiger charge is -2.10. The highest BCUT2D eigenvalue weighted by Gasteiger charge is 2.18. The van der Waals surface area contributed by atoms with Gasteiger partial charge in [-0.3, -0.25) is 19.6 Å². The Morgan fingerprint density at radius 2 is 2.00 bits per heavy atom. The lowest BCUT2D eigenvalue weighted by Crippen LogP contribution is -2.13. The number of amides is 1. The smallest absolute Gasteiger partial charge is 0.284 e. The number of anilines is 2. The summed E-state index contributed by atoms with van der Waals surface area (Å²) in [5, 5.41) is 18.5. The maximum atomic E-state index is 11.3. The van der Waals surface area contributed by atoms with Crippen molar-refractivity contribution in [2.75, 3.05) is 5.32 Å². The number of hydrogen-bond donors (Lipinski definition) is 2. The molecule has 0 radical (unpaired) electrons. The Morgan fingerprint density at radius 3 is 2.62 bits per heavy atom. The molecular weight excluding hydrogens is 402 g/mol. The molecule has 0 aliphatic carbocycles. The number of carbonyl (C=O) groups excluding carboxylic acids is 1. The zero-order valence-electron chi connectivity index (χ0n) is 13.6. The Morgan fingerprint density at radius 1 is 1.27 bits per heavy atom. The van der Waals surface area contributed by atoms with Crippen molar-refractivity contribution in [2.24, 2.45) is 12.8 Å². The van der Waals surface area contributed by atoms with Crippen LogP contribution in [0, 0.1) is 10.1 Å². The number of halogens is 1. The first-order chi connectivity index (χ1) is 12.4. The van der Waals surface area contributed by atoms with Crippen LogP contribution in [0.15, 0.2) is 53.1 Å². The van der Waals surface area contributed by atoms with Crippen molar-refractivity contribution in [3.63, 3.8) is 0 Å². The van der Waals surface area contributed by atoms with Gasteiger partial charge in [0.15, 0.2) is 0 Å². The second-order valence-electron chi connectivity index (χ2n) is 5.52. The lowest BCUT2D eigenvalue weighted by atomic mass is 10.1. The van der Waals surface area contributed by atoms with Crippen LogP contribution in [0.25, 0.3) is 11.3 Å². The summed E-state index contributed by atoms with van der Waals surface area (Å²) < 4.78 is 2.61. The zero-order chi connectivity index (χ0) is 18.8. The van der Waals surface area contributed by atoms with Crippen molar-refractivity contribution in [3.05, 3.63) is 68.8 Å². The van der Waals surface area contributed by atoms with Crippen LogP contribution in [-0.4, -0.2) is 20.6 Å². The van der Waals surface area contributed by atoms with Crippen molar-refractivity contribution < 1.29 is 9.72 Å². The largest absolute Gasteiger partial charge is 0.365 e. The number of nitro benzene ring substituents is 1. The van der Waals surface area contributed by atoms with E-state index in [-0.39, 0.29) is 11.3 Å². The Kier molecular flexibility index (Phi) is 4.72. The molecule has 1 heterocycles. The lowest BCUT2D eigenvalue weighted by molar-refractivity contribution is -0.385. The minimum atomic E-state index is -0.841. The van der Waals surface area contributed by atoms with E-state index in [0.29, 0.717) is 5.69 Å². The van der Waals surface area contributed by atoms with Crippen molar-refractivity contribution in [2.45, 2.75) is 0 Å². The summed E-state index contributed by atoms with van der Waals surface area (Å²) in [6.07, 6.45) is 1.71. The summed E-state index contributed by atoms with van der Waals surface area (Å²) in [6.45, 7) is 0. The number of aryl methyl sites for hydroxylation is 1. The molecule has 0 spiro atoms. The number of primary amides is 1. The standard InChI is InChI=1S/C17H14BrN5O3/c1-22-16(14(18)9-20-22)10-3-2-4-11(7-10)21-12-5-6-13(17(19)24)15(8-12)23(25)26/h2-9,21H,1H3,(H2,19,24). The van der Waals surface area contributed by atoms with Gasteiger partial charge in [0.05, 0.1) is 21.3 Å². The van der Waals surface area contributed by atoms with Crippen LogP contribution < -0.4 is 11.1 Å². The van der Waals surface area contributed by atoms with E-state index in [1.54, 1.807) is 16.9 Å². The van der Waals surface area contributed by atoms with Gasteiger partial charge in [-0.05, 0) is 40.2 Å². The van der Waals surface area contributed by atoms with E-state index < -0.39 is 10.8 Å². The minimum absolute atomic E-state index is 0.131. The Bertz CT molecular complexity index is 996. The number of benzene rings is 2. The maximum absolute atomic E-state index is 11.3. The number of nitro groups is 1. The zero-order valence-corrected chi connectivity index (χ0v) is 15.2. The number of nitrogens with two attached hydrogens (primary N) is 1. The molecule has 0 unspecified atom stereocenters. The van der Waals surface area contributed by atoms with E-state index >= 15 is 0 Å². The van der Waals surface area contributed by atoms with Crippen LogP contribution in [0.3, 0.4) is 0 Å². The van der Waals surface area contributed by atoms with Crippen molar-refractivity contribution >= 4 is 38.9 Å². The van der Waals surface area contributed by atoms with Crippen molar-refractivity contribution in [1.82, 2.24) is 9.78 Å². The molecular formula is C17H14BrN5O3. The van der Waals surface area contributed by atoms with Crippen LogP contribution in [0.1, 0.15) is 10.4 Å². The number of carbonyl (C=O) groups is 1. The molecule has 0 saturated carbocycles. The number of aromatic nitrogens is 2. The fourth-order valence-corrected chi connectivity index (χ4v) is 3.19. The molecule has 3 rings (SSSR count). The van der Waals surface area contributed by atoms with E-state index in [1.165, 1.54) is 12.1 Å². The summed E-state index contributed by atoms with van der Waals surface area (Å²) in [6, 6.07) is 11.7. The molecule has 0 atom stereocenters. The SMILES string of the molecule is Cn1ncc(Br)c1-c1cccc(Nc2ccc(C(N)=O)c([N+](=O)[O-])c2)c1. The second-order valence-corrected chi connectivity index (χ2v) is 6.38. The molecule has 1 amide bonds. The van der Waals surface area contributed by atoms with Gasteiger partial charge in [-0.1, -0.05) is 12.1 Å². The van der Waals surface area contributed by atoms with E-state index in [1.807, 2.05) is 31.3 Å². The number of nitrogens with zero attached hydrogens (tertiary/aromatic N) is 3. The molecule has 9 heteroatoms. The number of hydrogen-bond acceptors (Lipinski definition) is 5. The minimum Gasteiger partial charge on any atom is -0.365 e. The third-order valence-corrected chi connectivity index (χ3v) is 4.36. The van der Waals surface area contributed by atoms with Crippen molar-refractivity contribution in [1.29, 1.82) is 0 Å². The third-order valence-electron chi connectivity index (χ3n) is 3.78. The molecule has 3 N–H and O–H groups in total. The number of rotatable bonds is 5. The predicted octanol–water partition coefficient (Wildman–Crippen LogP) is 3.60. The number of nitrogens with one attached hydrogen (secondary N) is 1. The monoisotopic (exact) mass is 415 g/mol. The first kappa shape index (κ1) is 17.6. The van der Waals surface area contributed by atoms with Gasteiger partial charge in [0.1, 0.15) is 5.56 Å². The molecule has 26 heavy (non-hydrogen) atoms. The molecule has 2 aromatic carbocycles. The molecule has 3 aromatic rings. The fourth-order valence-electron chi connectivity index (χ4n) is 2.62. The molecule has 0 saturated heterocycles. The molecule has 0 aliphatic heterocycles. The van der Waals surface area contributed by atoms with E-state index in [0.717, 1.165) is 21.4 Å². The first-order valence-corrected chi connectivity index (χ1v) is 8.29. The highest BCUT2D eigenvalue weighted by Crippen LogP contribution is 2.31. The highest BCUT2D eigenvalue weighted by atomic mass is 79.9. The fraction of sp³-hybridized carbons (Fsp3) is 0.0588. The van der Waals surface area contributed by atoms with Crippen molar-refractivity contribution in [3.8, 4) is 11.3 Å². The van der Waals surface area contributed by atoms with Gasteiger partial charge in [0.25, 0.3) is 11.6 Å². The summed E-state index contributed by atoms with van der Waals surface area (Å²) in [7, 11) is 1.84. The van der Waals surface area contributed by atoms with Gasteiger partial charge in [0.2, 0.25) is 0 Å². The Hall–Kier alpha value is -3.20. The molecule has 0 bridgehead atoms. The van der Waals surface area contributed by atoms with Crippen LogP contribution in [0.2, 0.25) is 0 Å². The van der Waals surface area contributed by atoms with E-state index in [9.17, 15) is 14.9 Å². The quantitative estimate of drug-likeness (QED) is 0.487. The Labute approximate surface area is 156 Å². The molecule has 8 nitrogen and oxygen atoms in total. The average Bonchev–Trinajstić information content (AvgIpc) is 2.93. The second kappa shape index (κ2) is 6.96. The topological polar surface area (TPSA) is 116 Å². The van der Waals surface area contributed by atoms with Crippen LogP contribution in [0.4, 0.5) is 17.1 Å². The van der Waals surface area contributed by atoms with Crippen LogP contribution >= 0.6 is 15.9 Å². The molecule has 132 valence electrons. The van der Waals surface area contributed by atoms with Gasteiger partial charge in [0, 0.05) is 30.1 Å². The van der Waals surface area contributed by atoms with Crippen LogP contribution in [-0.2, 0) is 7.05 Å². The normalized spacial score (nSPS) is 10.5.